The van der Waals surface area contributed by atoms with E-state index >= 15 is 0 Å². The van der Waals surface area contributed by atoms with E-state index in [1.54, 1.807) is 0 Å². The molecule has 0 saturated heterocycles. The number of anilines is 1. The van der Waals surface area contributed by atoms with E-state index in [9.17, 15) is 0 Å². The minimum absolute atomic E-state index is 0.425. The molecule has 0 amide bonds. The molecule has 0 aliphatic carbocycles. The van der Waals surface area contributed by atoms with E-state index in [2.05, 4.69) is 45.0 Å². The molecule has 0 aliphatic heterocycles. The number of nitrogens with zero attached hydrogens (tertiary/aromatic N) is 1. The maximum Gasteiger partial charge on any atom is 0.230 e. The third-order valence-electron chi connectivity index (χ3n) is 3.20. The maximum atomic E-state index is 5.95. The molecule has 1 heterocycles. The van der Waals surface area contributed by atoms with Crippen molar-refractivity contribution >= 4 is 5.88 Å². The first-order valence-electron chi connectivity index (χ1n) is 6.36. The molecular formula is C15H20N2O. The third kappa shape index (κ3) is 2.13. The highest BCUT2D eigenvalue weighted by Gasteiger charge is 2.18. The lowest BCUT2D eigenvalue weighted by atomic mass is 9.93. The van der Waals surface area contributed by atoms with E-state index in [0.29, 0.717) is 5.88 Å². The molecule has 3 heteroatoms. The molecule has 3 nitrogen and oxygen atoms in total. The van der Waals surface area contributed by atoms with Crippen molar-refractivity contribution in [2.75, 3.05) is 5.73 Å². The summed E-state index contributed by atoms with van der Waals surface area (Å²) in [5.41, 5.74) is 12.8. The topological polar surface area (TPSA) is 52.0 Å². The zero-order valence-corrected chi connectivity index (χ0v) is 11.5. The van der Waals surface area contributed by atoms with Crippen LogP contribution in [0.4, 0.5) is 5.88 Å². The van der Waals surface area contributed by atoms with E-state index in [1.807, 2.05) is 0 Å². The van der Waals surface area contributed by atoms with Crippen LogP contribution < -0.4 is 5.73 Å². The molecule has 0 unspecified atom stereocenters. The monoisotopic (exact) mass is 244 g/mol. The smallest absolute Gasteiger partial charge is 0.230 e. The fourth-order valence-corrected chi connectivity index (χ4v) is 2.59. The predicted octanol–water partition coefficient (Wildman–Crippen LogP) is 3.80. The lowest BCUT2D eigenvalue weighted by Crippen LogP contribution is -1.96. The van der Waals surface area contributed by atoms with Crippen LogP contribution >= 0.6 is 0 Å². The fourth-order valence-electron chi connectivity index (χ4n) is 2.59. The Morgan fingerprint density at radius 1 is 1.11 bits per heavy atom. The minimum atomic E-state index is 0.425. The summed E-state index contributed by atoms with van der Waals surface area (Å²) in [4.78, 5) is 0. The van der Waals surface area contributed by atoms with Gasteiger partial charge in [0.05, 0.1) is 11.3 Å². The lowest BCUT2D eigenvalue weighted by molar-refractivity contribution is 0.427. The van der Waals surface area contributed by atoms with Gasteiger partial charge in [0.15, 0.2) is 0 Å². The Morgan fingerprint density at radius 2 is 1.72 bits per heavy atom. The number of hydrogen-bond donors (Lipinski definition) is 1. The summed E-state index contributed by atoms with van der Waals surface area (Å²) in [5, 5.41) is 4.09. The first-order chi connectivity index (χ1) is 8.54. The standard InChI is InChI=1S/C15H20N2O/c1-5-6-12-14(15(16)18-17-12)13-10(3)7-9(2)8-11(13)4/h7-8H,5-6,16H2,1-4H3. The Hall–Kier alpha value is -1.77. The molecule has 0 radical (unpaired) electrons. The van der Waals surface area contributed by atoms with Gasteiger partial charge in [0, 0.05) is 0 Å². The van der Waals surface area contributed by atoms with Crippen molar-refractivity contribution in [3.63, 3.8) is 0 Å². The number of benzene rings is 1. The van der Waals surface area contributed by atoms with Crippen molar-refractivity contribution < 1.29 is 4.52 Å². The molecule has 1 aromatic carbocycles. The van der Waals surface area contributed by atoms with Gasteiger partial charge in [0.2, 0.25) is 5.88 Å². The molecule has 18 heavy (non-hydrogen) atoms. The Bertz CT molecular complexity index is 547. The van der Waals surface area contributed by atoms with Gasteiger partial charge in [-0.3, -0.25) is 0 Å². The summed E-state index contributed by atoms with van der Waals surface area (Å²) in [6, 6.07) is 4.34. The summed E-state index contributed by atoms with van der Waals surface area (Å²) in [5.74, 6) is 0.425. The molecule has 0 atom stereocenters. The molecule has 1 aromatic heterocycles. The second kappa shape index (κ2) is 4.84. The second-order valence-electron chi connectivity index (χ2n) is 4.89. The van der Waals surface area contributed by atoms with Crippen LogP contribution in [-0.2, 0) is 6.42 Å². The first kappa shape index (κ1) is 12.7. The van der Waals surface area contributed by atoms with Gasteiger partial charge < -0.3 is 10.3 Å². The number of nitrogens with two attached hydrogens (primary N) is 1. The van der Waals surface area contributed by atoms with Gasteiger partial charge in [-0.1, -0.05) is 36.2 Å². The highest BCUT2D eigenvalue weighted by Crippen LogP contribution is 2.35. The minimum Gasteiger partial charge on any atom is -0.367 e. The summed E-state index contributed by atoms with van der Waals surface area (Å²) >= 11 is 0. The van der Waals surface area contributed by atoms with Crippen LogP contribution in [0.2, 0.25) is 0 Å². The number of aromatic nitrogens is 1. The highest BCUT2D eigenvalue weighted by atomic mass is 16.5. The van der Waals surface area contributed by atoms with Gasteiger partial charge in [-0.05, 0) is 43.9 Å². The van der Waals surface area contributed by atoms with Crippen LogP contribution in [0, 0.1) is 20.8 Å². The Morgan fingerprint density at radius 3 is 2.28 bits per heavy atom. The van der Waals surface area contributed by atoms with Crippen LogP contribution in [0.5, 0.6) is 0 Å². The number of nitrogen functional groups attached to an aromatic ring is 1. The first-order valence-corrected chi connectivity index (χ1v) is 6.36. The molecule has 0 spiro atoms. The van der Waals surface area contributed by atoms with Crippen LogP contribution in [0.3, 0.4) is 0 Å². The van der Waals surface area contributed by atoms with E-state index < -0.39 is 0 Å². The Kier molecular flexibility index (Phi) is 3.41. The van der Waals surface area contributed by atoms with Gasteiger partial charge in [-0.25, -0.2) is 0 Å². The third-order valence-corrected chi connectivity index (χ3v) is 3.20. The van der Waals surface area contributed by atoms with E-state index in [0.717, 1.165) is 24.1 Å². The molecule has 0 saturated carbocycles. The summed E-state index contributed by atoms with van der Waals surface area (Å²) in [7, 11) is 0. The Balaban J connectivity index is 2.65. The fraction of sp³-hybridized carbons (Fsp3) is 0.400. The predicted molar refractivity (Wildman–Crippen MR) is 74.6 cm³/mol. The average molecular weight is 244 g/mol. The molecular weight excluding hydrogens is 224 g/mol. The molecule has 0 fully saturated rings. The van der Waals surface area contributed by atoms with Gasteiger partial charge in [-0.15, -0.1) is 0 Å². The normalized spacial score (nSPS) is 10.9. The van der Waals surface area contributed by atoms with E-state index in [1.165, 1.54) is 22.3 Å². The zero-order chi connectivity index (χ0) is 13.3. The molecule has 2 N–H and O–H groups in total. The molecule has 0 bridgehead atoms. The van der Waals surface area contributed by atoms with Crippen molar-refractivity contribution in [3.05, 3.63) is 34.5 Å². The Labute approximate surface area is 108 Å². The van der Waals surface area contributed by atoms with Crippen LogP contribution in [0.1, 0.15) is 35.7 Å². The van der Waals surface area contributed by atoms with Crippen LogP contribution in [0.25, 0.3) is 11.1 Å². The zero-order valence-electron chi connectivity index (χ0n) is 11.5. The quantitative estimate of drug-likeness (QED) is 0.893. The van der Waals surface area contributed by atoms with Crippen molar-refractivity contribution in [2.45, 2.75) is 40.5 Å². The molecule has 0 aliphatic rings. The summed E-state index contributed by atoms with van der Waals surface area (Å²) in [6.07, 6.45) is 1.92. The summed E-state index contributed by atoms with van der Waals surface area (Å²) < 4.78 is 5.17. The molecule has 2 aromatic rings. The number of aryl methyl sites for hydroxylation is 4. The van der Waals surface area contributed by atoms with Gasteiger partial charge in [0.1, 0.15) is 0 Å². The van der Waals surface area contributed by atoms with Crippen molar-refractivity contribution in [3.8, 4) is 11.1 Å². The van der Waals surface area contributed by atoms with Gasteiger partial charge in [0.25, 0.3) is 0 Å². The molecule has 96 valence electrons. The van der Waals surface area contributed by atoms with Crippen molar-refractivity contribution in [1.29, 1.82) is 0 Å². The van der Waals surface area contributed by atoms with Gasteiger partial charge >= 0.3 is 0 Å². The van der Waals surface area contributed by atoms with Crippen molar-refractivity contribution in [1.82, 2.24) is 5.16 Å². The SMILES string of the molecule is CCCc1noc(N)c1-c1c(C)cc(C)cc1C. The number of hydrogen-bond acceptors (Lipinski definition) is 3. The molecule has 2 rings (SSSR count). The highest BCUT2D eigenvalue weighted by molar-refractivity contribution is 5.80. The number of rotatable bonds is 3. The van der Waals surface area contributed by atoms with Gasteiger partial charge in [-0.2, -0.15) is 0 Å². The maximum absolute atomic E-state index is 5.95. The lowest BCUT2D eigenvalue weighted by Gasteiger charge is -2.11. The largest absolute Gasteiger partial charge is 0.367 e. The van der Waals surface area contributed by atoms with E-state index in [4.69, 9.17) is 10.3 Å². The van der Waals surface area contributed by atoms with Crippen LogP contribution in [0.15, 0.2) is 16.7 Å². The van der Waals surface area contributed by atoms with Crippen LogP contribution in [-0.4, -0.2) is 5.16 Å². The second-order valence-corrected chi connectivity index (χ2v) is 4.89. The summed E-state index contributed by atoms with van der Waals surface area (Å²) in [6.45, 7) is 8.45. The average Bonchev–Trinajstić information content (AvgIpc) is 2.61. The van der Waals surface area contributed by atoms with E-state index in [-0.39, 0.29) is 0 Å². The van der Waals surface area contributed by atoms with Crippen molar-refractivity contribution in [2.24, 2.45) is 0 Å².